The molecule has 3 nitrogen and oxygen atoms in total. The van der Waals surface area contributed by atoms with Crippen LogP contribution in [0.3, 0.4) is 0 Å². The van der Waals surface area contributed by atoms with Crippen molar-refractivity contribution < 1.29 is 0 Å². The van der Waals surface area contributed by atoms with Crippen LogP contribution in [0.2, 0.25) is 0 Å². The first-order chi connectivity index (χ1) is 8.85. The lowest BCUT2D eigenvalue weighted by Crippen LogP contribution is -2.37. The molecule has 0 aliphatic rings. The van der Waals surface area contributed by atoms with Gasteiger partial charge in [0.15, 0.2) is 0 Å². The van der Waals surface area contributed by atoms with Crippen LogP contribution in [-0.2, 0) is 6.54 Å². The molecule has 1 aromatic rings. The van der Waals surface area contributed by atoms with Crippen molar-refractivity contribution in [2.45, 2.75) is 66.1 Å². The van der Waals surface area contributed by atoms with Gasteiger partial charge in [-0.2, -0.15) is 0 Å². The minimum Gasteiger partial charge on any atom is -0.354 e. The van der Waals surface area contributed by atoms with Crippen LogP contribution in [0.4, 0.5) is 5.82 Å². The van der Waals surface area contributed by atoms with Crippen molar-refractivity contribution in [1.82, 2.24) is 10.3 Å². The predicted molar refractivity (Wildman–Crippen MR) is 83.6 cm³/mol. The Kier molecular flexibility index (Phi) is 5.80. The largest absolute Gasteiger partial charge is 0.354 e. The van der Waals surface area contributed by atoms with Crippen molar-refractivity contribution in [3.63, 3.8) is 0 Å². The number of hydrogen-bond donors (Lipinski definition) is 1. The summed E-state index contributed by atoms with van der Waals surface area (Å²) in [7, 11) is 0. The number of pyridine rings is 1. The lowest BCUT2D eigenvalue weighted by Gasteiger charge is -2.30. The van der Waals surface area contributed by atoms with E-state index in [1.54, 1.807) is 0 Å². The highest BCUT2D eigenvalue weighted by atomic mass is 15.2. The topological polar surface area (TPSA) is 28.2 Å². The molecule has 3 heteroatoms. The van der Waals surface area contributed by atoms with Crippen LogP contribution in [-0.4, -0.2) is 23.1 Å². The lowest BCUT2D eigenvalue weighted by molar-refractivity contribution is 0.423. The first kappa shape index (κ1) is 16.0. The Bertz CT molecular complexity index is 380. The minimum absolute atomic E-state index is 0.126. The maximum Gasteiger partial charge on any atom is 0.133 e. The van der Waals surface area contributed by atoms with Crippen molar-refractivity contribution in [1.29, 1.82) is 0 Å². The first-order valence-electron chi connectivity index (χ1n) is 7.30. The Morgan fingerprint density at radius 1 is 1.32 bits per heavy atom. The summed E-state index contributed by atoms with van der Waals surface area (Å²) in [6.07, 6.45) is 3.03. The van der Waals surface area contributed by atoms with E-state index >= 15 is 0 Å². The van der Waals surface area contributed by atoms with Gasteiger partial charge in [0, 0.05) is 36.4 Å². The molecule has 0 saturated heterocycles. The monoisotopic (exact) mass is 263 g/mol. The van der Waals surface area contributed by atoms with Crippen LogP contribution in [0.15, 0.2) is 18.3 Å². The molecule has 1 N–H and O–H groups in total. The van der Waals surface area contributed by atoms with E-state index in [9.17, 15) is 0 Å². The zero-order valence-electron chi connectivity index (χ0n) is 13.3. The van der Waals surface area contributed by atoms with Crippen LogP contribution in [0.1, 0.15) is 53.5 Å². The normalized spacial score (nSPS) is 11.9. The second-order valence-electron chi connectivity index (χ2n) is 6.38. The van der Waals surface area contributed by atoms with Crippen LogP contribution in [0.5, 0.6) is 0 Å². The van der Waals surface area contributed by atoms with Crippen LogP contribution < -0.4 is 10.2 Å². The zero-order chi connectivity index (χ0) is 14.5. The van der Waals surface area contributed by atoms with Gasteiger partial charge >= 0.3 is 0 Å². The number of nitrogens with one attached hydrogen (secondary N) is 1. The third-order valence-corrected chi connectivity index (χ3v) is 3.04. The average Bonchev–Trinajstić information content (AvgIpc) is 2.33. The fourth-order valence-corrected chi connectivity index (χ4v) is 2.04. The lowest BCUT2D eigenvalue weighted by atomic mass is 10.1. The maximum atomic E-state index is 4.61. The number of rotatable bonds is 6. The molecule has 108 valence electrons. The zero-order valence-corrected chi connectivity index (χ0v) is 13.3. The molecule has 0 atom stereocenters. The van der Waals surface area contributed by atoms with E-state index < -0.39 is 0 Å². The predicted octanol–water partition coefficient (Wildman–Crippen LogP) is 3.59. The van der Waals surface area contributed by atoms with Gasteiger partial charge in [0.1, 0.15) is 5.82 Å². The molecule has 0 radical (unpaired) electrons. The SMILES string of the molecule is CCCN(c1ncccc1CNC(C)(C)C)C(C)C. The Labute approximate surface area is 118 Å². The summed E-state index contributed by atoms with van der Waals surface area (Å²) in [5, 5.41) is 3.55. The second-order valence-corrected chi connectivity index (χ2v) is 6.38. The van der Waals surface area contributed by atoms with Crippen molar-refractivity contribution in [2.24, 2.45) is 0 Å². The molecular weight excluding hydrogens is 234 g/mol. The summed E-state index contributed by atoms with van der Waals surface area (Å²) in [5.74, 6) is 1.12. The molecule has 0 aliphatic carbocycles. The van der Waals surface area contributed by atoms with Gasteiger partial charge in [0.2, 0.25) is 0 Å². The second kappa shape index (κ2) is 6.90. The maximum absolute atomic E-state index is 4.61. The molecule has 1 heterocycles. The van der Waals surface area contributed by atoms with Gasteiger partial charge in [-0.15, -0.1) is 0 Å². The van der Waals surface area contributed by atoms with E-state index in [2.05, 4.69) is 62.8 Å². The highest BCUT2D eigenvalue weighted by Gasteiger charge is 2.16. The molecule has 0 bridgehead atoms. The van der Waals surface area contributed by atoms with E-state index in [0.717, 1.165) is 25.3 Å². The number of aromatic nitrogens is 1. The van der Waals surface area contributed by atoms with Crippen molar-refractivity contribution in [2.75, 3.05) is 11.4 Å². The number of anilines is 1. The molecule has 0 aromatic carbocycles. The Balaban J connectivity index is 2.93. The third kappa shape index (κ3) is 5.19. The molecule has 0 spiro atoms. The number of hydrogen-bond acceptors (Lipinski definition) is 3. The van der Waals surface area contributed by atoms with E-state index in [1.807, 2.05) is 12.3 Å². The van der Waals surface area contributed by atoms with E-state index in [1.165, 1.54) is 5.56 Å². The smallest absolute Gasteiger partial charge is 0.133 e. The van der Waals surface area contributed by atoms with Gasteiger partial charge in [-0.25, -0.2) is 4.98 Å². The average molecular weight is 263 g/mol. The van der Waals surface area contributed by atoms with Gasteiger partial charge in [-0.1, -0.05) is 13.0 Å². The van der Waals surface area contributed by atoms with E-state index in [-0.39, 0.29) is 5.54 Å². The van der Waals surface area contributed by atoms with Gasteiger partial charge in [0.25, 0.3) is 0 Å². The molecule has 0 aliphatic heterocycles. The van der Waals surface area contributed by atoms with E-state index in [4.69, 9.17) is 0 Å². The van der Waals surface area contributed by atoms with Crippen molar-refractivity contribution >= 4 is 5.82 Å². The van der Waals surface area contributed by atoms with Crippen molar-refractivity contribution in [3.05, 3.63) is 23.9 Å². The van der Waals surface area contributed by atoms with Crippen LogP contribution in [0.25, 0.3) is 0 Å². The summed E-state index contributed by atoms with van der Waals surface area (Å²) in [5.41, 5.74) is 1.40. The summed E-state index contributed by atoms with van der Waals surface area (Å²) in [6.45, 7) is 15.2. The minimum atomic E-state index is 0.126. The molecule has 0 fully saturated rings. The fourth-order valence-electron chi connectivity index (χ4n) is 2.04. The molecule has 1 aromatic heterocycles. The van der Waals surface area contributed by atoms with Gasteiger partial charge < -0.3 is 10.2 Å². The highest BCUT2D eigenvalue weighted by molar-refractivity contribution is 5.47. The molecule has 1 rings (SSSR count). The van der Waals surface area contributed by atoms with Gasteiger partial charge in [-0.05, 0) is 47.1 Å². The standard InChI is InChI=1S/C16H29N3/c1-7-11-19(13(2)3)15-14(9-8-10-17-15)12-18-16(4,5)6/h8-10,13,18H,7,11-12H2,1-6H3. The Morgan fingerprint density at radius 3 is 2.53 bits per heavy atom. The first-order valence-corrected chi connectivity index (χ1v) is 7.30. The quantitative estimate of drug-likeness (QED) is 0.850. The summed E-state index contributed by atoms with van der Waals surface area (Å²) in [6, 6.07) is 4.67. The highest BCUT2D eigenvalue weighted by Crippen LogP contribution is 2.20. The summed E-state index contributed by atoms with van der Waals surface area (Å²) >= 11 is 0. The molecule has 0 saturated carbocycles. The van der Waals surface area contributed by atoms with Gasteiger partial charge in [-0.3, -0.25) is 0 Å². The molecule has 0 amide bonds. The van der Waals surface area contributed by atoms with Crippen LogP contribution >= 0.6 is 0 Å². The van der Waals surface area contributed by atoms with Gasteiger partial charge in [0.05, 0.1) is 0 Å². The van der Waals surface area contributed by atoms with Crippen molar-refractivity contribution in [3.8, 4) is 0 Å². The van der Waals surface area contributed by atoms with Crippen LogP contribution in [0, 0.1) is 0 Å². The summed E-state index contributed by atoms with van der Waals surface area (Å²) < 4.78 is 0. The molecule has 19 heavy (non-hydrogen) atoms. The molecular formula is C16H29N3. The summed E-state index contributed by atoms with van der Waals surface area (Å²) in [4.78, 5) is 6.99. The fraction of sp³-hybridized carbons (Fsp3) is 0.688. The molecule has 0 unspecified atom stereocenters. The Hall–Kier alpha value is -1.09. The Morgan fingerprint density at radius 2 is 2.00 bits per heavy atom. The van der Waals surface area contributed by atoms with E-state index in [0.29, 0.717) is 6.04 Å². The number of nitrogens with zero attached hydrogens (tertiary/aromatic N) is 2. The third-order valence-electron chi connectivity index (χ3n) is 3.04.